The van der Waals surface area contributed by atoms with Crippen LogP contribution >= 0.6 is 11.6 Å². The molecule has 0 radical (unpaired) electrons. The smallest absolute Gasteiger partial charge is 0.409 e. The zero-order chi connectivity index (χ0) is 24.0. The SMILES string of the molecule is COCCOC(=O)N1CCC(NC(=O)c2[nH]ncc2NC(=O)c2c(F)ccc(Cl)c2F)CC1. The molecule has 3 N–H and O–H groups in total. The maximum absolute atomic E-state index is 14.1. The maximum Gasteiger partial charge on any atom is 0.409 e. The number of aromatic amines is 1. The number of H-pyrrole nitrogens is 1. The predicted octanol–water partition coefficient (Wildman–Crippen LogP) is 2.57. The van der Waals surface area contributed by atoms with Crippen LogP contribution in [0.2, 0.25) is 5.02 Å². The van der Waals surface area contributed by atoms with E-state index in [0.29, 0.717) is 32.5 Å². The summed E-state index contributed by atoms with van der Waals surface area (Å²) in [7, 11) is 1.51. The van der Waals surface area contributed by atoms with Crippen molar-refractivity contribution >= 4 is 35.2 Å². The minimum Gasteiger partial charge on any atom is -0.447 e. The number of methoxy groups -OCH3 is 1. The van der Waals surface area contributed by atoms with Gasteiger partial charge in [0, 0.05) is 26.2 Å². The Morgan fingerprint density at radius 2 is 1.94 bits per heavy atom. The van der Waals surface area contributed by atoms with E-state index in [0.717, 1.165) is 18.3 Å². The number of carbonyl (C=O) groups excluding carboxylic acids is 3. The number of carbonyl (C=O) groups is 3. The number of rotatable bonds is 7. The molecule has 2 heterocycles. The van der Waals surface area contributed by atoms with Crippen molar-refractivity contribution in [1.82, 2.24) is 20.4 Å². The summed E-state index contributed by atoms with van der Waals surface area (Å²) in [5, 5.41) is 10.8. The molecular formula is C20H22ClF2N5O5. The first-order chi connectivity index (χ1) is 15.8. The number of aromatic nitrogens is 2. The van der Waals surface area contributed by atoms with E-state index in [1.807, 2.05) is 0 Å². The Kier molecular flexibility index (Phi) is 8.17. The van der Waals surface area contributed by atoms with E-state index in [1.54, 1.807) is 0 Å². The lowest BCUT2D eigenvalue weighted by Crippen LogP contribution is -2.47. The molecule has 1 aromatic heterocycles. The van der Waals surface area contributed by atoms with Gasteiger partial charge in [0.2, 0.25) is 0 Å². The first-order valence-corrected chi connectivity index (χ1v) is 10.4. The van der Waals surface area contributed by atoms with E-state index in [2.05, 4.69) is 20.8 Å². The van der Waals surface area contributed by atoms with Crippen molar-refractivity contribution in [2.24, 2.45) is 0 Å². The van der Waals surface area contributed by atoms with Gasteiger partial charge in [0.1, 0.15) is 23.7 Å². The second-order valence-electron chi connectivity index (χ2n) is 7.17. The number of piperidine rings is 1. The summed E-state index contributed by atoms with van der Waals surface area (Å²) in [6.45, 7) is 1.23. The van der Waals surface area contributed by atoms with Crippen LogP contribution in [0.3, 0.4) is 0 Å². The lowest BCUT2D eigenvalue weighted by molar-refractivity contribution is 0.0640. The summed E-state index contributed by atoms with van der Waals surface area (Å²) >= 11 is 5.62. The number of anilines is 1. The summed E-state index contributed by atoms with van der Waals surface area (Å²) in [5.41, 5.74) is -1.03. The van der Waals surface area contributed by atoms with Gasteiger partial charge in [-0.25, -0.2) is 13.6 Å². The molecule has 0 atom stereocenters. The Morgan fingerprint density at radius 1 is 1.21 bits per heavy atom. The predicted molar refractivity (Wildman–Crippen MR) is 113 cm³/mol. The Hall–Kier alpha value is -3.25. The van der Waals surface area contributed by atoms with Gasteiger partial charge in [-0.2, -0.15) is 5.10 Å². The van der Waals surface area contributed by atoms with Crippen LogP contribution in [0.4, 0.5) is 19.3 Å². The number of nitrogens with zero attached hydrogens (tertiary/aromatic N) is 2. The second kappa shape index (κ2) is 11.1. The number of ether oxygens (including phenoxy) is 2. The van der Waals surface area contributed by atoms with Crippen LogP contribution in [-0.2, 0) is 9.47 Å². The normalized spacial score (nSPS) is 14.1. The maximum atomic E-state index is 14.1. The molecule has 1 aromatic carbocycles. The average molecular weight is 486 g/mol. The summed E-state index contributed by atoms with van der Waals surface area (Å²) in [4.78, 5) is 38.6. The second-order valence-corrected chi connectivity index (χ2v) is 7.58. The summed E-state index contributed by atoms with van der Waals surface area (Å²) < 4.78 is 38.0. The Balaban J connectivity index is 1.57. The van der Waals surface area contributed by atoms with Gasteiger partial charge in [-0.3, -0.25) is 14.7 Å². The van der Waals surface area contributed by atoms with Gasteiger partial charge >= 0.3 is 6.09 Å². The zero-order valence-electron chi connectivity index (χ0n) is 17.6. The molecule has 0 spiro atoms. The quantitative estimate of drug-likeness (QED) is 0.409. The molecule has 0 bridgehead atoms. The Bertz CT molecular complexity index is 1030. The molecule has 13 heteroatoms. The van der Waals surface area contributed by atoms with Crippen LogP contribution in [-0.4, -0.2) is 72.5 Å². The number of likely N-dealkylation sites (tertiary alicyclic amines) is 1. The van der Waals surface area contributed by atoms with E-state index in [9.17, 15) is 23.2 Å². The summed E-state index contributed by atoms with van der Waals surface area (Å²) in [6, 6.07) is 1.61. The third kappa shape index (κ3) is 5.96. The molecule has 1 fully saturated rings. The van der Waals surface area contributed by atoms with Crippen LogP contribution < -0.4 is 10.6 Å². The van der Waals surface area contributed by atoms with E-state index in [-0.39, 0.29) is 24.0 Å². The Labute approximate surface area is 192 Å². The van der Waals surface area contributed by atoms with Crippen molar-refractivity contribution in [1.29, 1.82) is 0 Å². The first kappa shape index (κ1) is 24.4. The van der Waals surface area contributed by atoms with Crippen molar-refractivity contribution in [3.8, 4) is 0 Å². The van der Waals surface area contributed by atoms with Crippen molar-refractivity contribution in [3.63, 3.8) is 0 Å². The van der Waals surface area contributed by atoms with Crippen molar-refractivity contribution in [3.05, 3.63) is 46.2 Å². The van der Waals surface area contributed by atoms with E-state index in [1.165, 1.54) is 12.0 Å². The van der Waals surface area contributed by atoms with Crippen LogP contribution in [0.5, 0.6) is 0 Å². The molecule has 10 nitrogen and oxygen atoms in total. The topological polar surface area (TPSA) is 126 Å². The number of benzene rings is 1. The lowest BCUT2D eigenvalue weighted by atomic mass is 10.1. The largest absolute Gasteiger partial charge is 0.447 e. The molecule has 2 aromatic rings. The molecule has 33 heavy (non-hydrogen) atoms. The number of hydrogen-bond donors (Lipinski definition) is 3. The van der Waals surface area contributed by atoms with Gasteiger partial charge in [-0.15, -0.1) is 0 Å². The molecular weight excluding hydrogens is 464 g/mol. The number of amides is 3. The molecule has 0 saturated carbocycles. The third-order valence-corrected chi connectivity index (χ3v) is 5.28. The average Bonchev–Trinajstić information content (AvgIpc) is 3.25. The van der Waals surface area contributed by atoms with Gasteiger partial charge in [-0.05, 0) is 25.0 Å². The third-order valence-electron chi connectivity index (χ3n) is 4.99. The van der Waals surface area contributed by atoms with Crippen LogP contribution in [0.25, 0.3) is 0 Å². The highest BCUT2D eigenvalue weighted by molar-refractivity contribution is 6.31. The minimum atomic E-state index is -1.21. The highest BCUT2D eigenvalue weighted by Gasteiger charge is 2.27. The number of halogens is 3. The fraction of sp³-hybridized carbons (Fsp3) is 0.400. The standard InChI is InChI=1S/C20H22ClF2N5O5/c1-32-8-9-33-20(31)28-6-4-11(5-7-28)25-19(30)17-14(10-24-27-17)26-18(29)15-13(22)3-2-12(21)16(15)23/h2-3,10-11H,4-9H2,1H3,(H,24,27)(H,25,30)(H,26,29). The van der Waals surface area contributed by atoms with Crippen molar-refractivity contribution in [2.75, 3.05) is 38.7 Å². The van der Waals surface area contributed by atoms with Crippen molar-refractivity contribution < 1.29 is 32.6 Å². The van der Waals surface area contributed by atoms with Gasteiger partial charge in [0.15, 0.2) is 5.82 Å². The fourth-order valence-corrected chi connectivity index (χ4v) is 3.40. The number of hydrogen-bond acceptors (Lipinski definition) is 6. The molecule has 0 unspecified atom stereocenters. The summed E-state index contributed by atoms with van der Waals surface area (Å²) in [5.74, 6) is -4.01. The van der Waals surface area contributed by atoms with Gasteiger partial charge < -0.3 is 25.0 Å². The summed E-state index contributed by atoms with van der Waals surface area (Å²) in [6.07, 6.45) is 1.67. The highest BCUT2D eigenvalue weighted by atomic mass is 35.5. The van der Waals surface area contributed by atoms with Gasteiger partial charge in [0.25, 0.3) is 11.8 Å². The van der Waals surface area contributed by atoms with Crippen molar-refractivity contribution in [2.45, 2.75) is 18.9 Å². The molecule has 178 valence electrons. The molecule has 1 aliphatic heterocycles. The van der Waals surface area contributed by atoms with E-state index in [4.69, 9.17) is 21.1 Å². The van der Waals surface area contributed by atoms with Crippen LogP contribution in [0.15, 0.2) is 18.3 Å². The minimum absolute atomic E-state index is 0.0598. The monoisotopic (exact) mass is 485 g/mol. The molecule has 1 saturated heterocycles. The molecule has 0 aliphatic carbocycles. The lowest BCUT2D eigenvalue weighted by Gasteiger charge is -2.31. The molecule has 3 rings (SSSR count). The van der Waals surface area contributed by atoms with Crippen LogP contribution in [0.1, 0.15) is 33.7 Å². The van der Waals surface area contributed by atoms with Crippen LogP contribution in [0, 0.1) is 11.6 Å². The van der Waals surface area contributed by atoms with E-state index < -0.39 is 40.1 Å². The Morgan fingerprint density at radius 3 is 2.64 bits per heavy atom. The van der Waals surface area contributed by atoms with Gasteiger partial charge in [0.05, 0.1) is 23.5 Å². The molecule has 3 amide bonds. The molecule has 1 aliphatic rings. The zero-order valence-corrected chi connectivity index (χ0v) is 18.4. The fourth-order valence-electron chi connectivity index (χ4n) is 3.24. The highest BCUT2D eigenvalue weighted by Crippen LogP contribution is 2.23. The van der Waals surface area contributed by atoms with Gasteiger partial charge in [-0.1, -0.05) is 11.6 Å². The first-order valence-electron chi connectivity index (χ1n) is 10.0. The van der Waals surface area contributed by atoms with E-state index >= 15 is 0 Å². The number of nitrogens with one attached hydrogen (secondary N) is 3.